The lowest BCUT2D eigenvalue weighted by molar-refractivity contribution is -0.113. The zero-order valence-corrected chi connectivity index (χ0v) is 16.0. The second-order valence-corrected chi connectivity index (χ2v) is 6.95. The van der Waals surface area contributed by atoms with Gasteiger partial charge in [-0.2, -0.15) is 4.98 Å². The van der Waals surface area contributed by atoms with Crippen molar-refractivity contribution in [2.24, 2.45) is 0 Å². The predicted octanol–water partition coefficient (Wildman–Crippen LogP) is 3.20. The van der Waals surface area contributed by atoms with Crippen LogP contribution in [0.1, 0.15) is 12.7 Å². The predicted molar refractivity (Wildman–Crippen MR) is 104 cm³/mol. The van der Waals surface area contributed by atoms with Crippen molar-refractivity contribution in [2.45, 2.75) is 18.4 Å². The maximum atomic E-state index is 12.2. The van der Waals surface area contributed by atoms with Gasteiger partial charge in [0.1, 0.15) is 13.2 Å². The molecule has 4 rings (SSSR count). The van der Waals surface area contributed by atoms with Crippen LogP contribution in [0.5, 0.6) is 11.5 Å². The van der Waals surface area contributed by atoms with Crippen LogP contribution in [0.15, 0.2) is 46.1 Å². The zero-order valence-electron chi connectivity index (χ0n) is 15.2. The lowest BCUT2D eigenvalue weighted by atomic mass is 10.2. The van der Waals surface area contributed by atoms with Crippen molar-refractivity contribution >= 4 is 23.4 Å². The molecular formula is C19H18N4O4S. The molecule has 1 aliphatic heterocycles. The molecule has 0 spiro atoms. The highest BCUT2D eigenvalue weighted by Crippen LogP contribution is 2.32. The van der Waals surface area contributed by atoms with E-state index in [-0.39, 0.29) is 11.7 Å². The van der Waals surface area contributed by atoms with Crippen LogP contribution in [0.3, 0.4) is 0 Å². The van der Waals surface area contributed by atoms with E-state index < -0.39 is 0 Å². The molecule has 2 aromatic heterocycles. The lowest BCUT2D eigenvalue weighted by Crippen LogP contribution is -2.17. The standard InChI is InChI=1S/C19H18N4O4S/c1-2-16-22-19(27-23-16)12-3-6-18(20-10-12)28-11-17(24)21-13-4-5-14-15(9-13)26-8-7-25-14/h3-6,9-10H,2,7-8,11H2,1H3,(H,21,24). The smallest absolute Gasteiger partial charge is 0.259 e. The molecule has 0 fully saturated rings. The number of benzene rings is 1. The summed E-state index contributed by atoms with van der Waals surface area (Å²) in [5.74, 6) is 2.54. The van der Waals surface area contributed by atoms with Crippen molar-refractivity contribution < 1.29 is 18.8 Å². The van der Waals surface area contributed by atoms with E-state index >= 15 is 0 Å². The molecule has 0 aliphatic carbocycles. The third kappa shape index (κ3) is 4.25. The highest BCUT2D eigenvalue weighted by atomic mass is 32.2. The second kappa shape index (κ2) is 8.30. The van der Waals surface area contributed by atoms with Crippen LogP contribution >= 0.6 is 11.8 Å². The number of nitrogens with one attached hydrogen (secondary N) is 1. The van der Waals surface area contributed by atoms with E-state index in [9.17, 15) is 4.79 Å². The quantitative estimate of drug-likeness (QED) is 0.632. The average molecular weight is 398 g/mol. The van der Waals surface area contributed by atoms with Crippen LogP contribution in [0.25, 0.3) is 11.5 Å². The van der Waals surface area contributed by atoms with Crippen molar-refractivity contribution in [1.29, 1.82) is 0 Å². The van der Waals surface area contributed by atoms with Crippen LogP contribution in [-0.2, 0) is 11.2 Å². The summed E-state index contributed by atoms with van der Waals surface area (Å²) in [4.78, 5) is 20.8. The van der Waals surface area contributed by atoms with E-state index in [0.717, 1.165) is 10.6 Å². The summed E-state index contributed by atoms with van der Waals surface area (Å²) in [5, 5.41) is 7.46. The Labute approximate surface area is 165 Å². The number of amides is 1. The van der Waals surface area contributed by atoms with Gasteiger partial charge < -0.3 is 19.3 Å². The molecule has 9 heteroatoms. The molecule has 0 radical (unpaired) electrons. The van der Waals surface area contributed by atoms with E-state index in [1.165, 1.54) is 11.8 Å². The second-order valence-electron chi connectivity index (χ2n) is 5.95. The van der Waals surface area contributed by atoms with E-state index in [1.54, 1.807) is 24.4 Å². The number of rotatable bonds is 6. The van der Waals surface area contributed by atoms with Gasteiger partial charge in [-0.3, -0.25) is 4.79 Å². The van der Waals surface area contributed by atoms with Crippen molar-refractivity contribution in [2.75, 3.05) is 24.3 Å². The zero-order chi connectivity index (χ0) is 19.3. The van der Waals surface area contributed by atoms with Gasteiger partial charge in [0.25, 0.3) is 5.89 Å². The third-order valence-corrected chi connectivity index (χ3v) is 4.89. The van der Waals surface area contributed by atoms with Gasteiger partial charge in [0, 0.05) is 24.4 Å². The normalized spacial score (nSPS) is 12.6. The maximum Gasteiger partial charge on any atom is 0.259 e. The fraction of sp³-hybridized carbons (Fsp3) is 0.263. The van der Waals surface area contributed by atoms with E-state index in [2.05, 4.69) is 20.4 Å². The van der Waals surface area contributed by atoms with Crippen LogP contribution in [0.4, 0.5) is 5.69 Å². The third-order valence-electron chi connectivity index (χ3n) is 3.94. The number of thioether (sulfide) groups is 1. The van der Waals surface area contributed by atoms with Gasteiger partial charge in [0.05, 0.1) is 16.3 Å². The molecule has 144 valence electrons. The van der Waals surface area contributed by atoms with Gasteiger partial charge in [-0.05, 0) is 24.3 Å². The minimum atomic E-state index is -0.128. The summed E-state index contributed by atoms with van der Waals surface area (Å²) in [6.45, 7) is 3.00. The Balaban J connectivity index is 1.32. The fourth-order valence-electron chi connectivity index (χ4n) is 2.56. The highest BCUT2D eigenvalue weighted by Gasteiger charge is 2.13. The number of hydrogen-bond acceptors (Lipinski definition) is 8. The van der Waals surface area contributed by atoms with Gasteiger partial charge in [0.2, 0.25) is 5.91 Å². The number of aromatic nitrogens is 3. The minimum Gasteiger partial charge on any atom is -0.486 e. The molecule has 0 bridgehead atoms. The number of pyridine rings is 1. The van der Waals surface area contributed by atoms with Crippen LogP contribution in [0, 0.1) is 0 Å². The van der Waals surface area contributed by atoms with E-state index in [4.69, 9.17) is 14.0 Å². The molecule has 1 aromatic carbocycles. The molecule has 28 heavy (non-hydrogen) atoms. The Morgan fingerprint density at radius 1 is 1.18 bits per heavy atom. The molecular weight excluding hydrogens is 380 g/mol. The Morgan fingerprint density at radius 2 is 2.04 bits per heavy atom. The number of carbonyl (C=O) groups is 1. The van der Waals surface area contributed by atoms with Crippen molar-refractivity contribution in [3.05, 3.63) is 42.4 Å². The van der Waals surface area contributed by atoms with E-state index in [1.807, 2.05) is 19.1 Å². The summed E-state index contributed by atoms with van der Waals surface area (Å²) in [5.41, 5.74) is 1.42. The molecule has 3 aromatic rings. The fourth-order valence-corrected chi connectivity index (χ4v) is 3.21. The molecule has 0 saturated carbocycles. The molecule has 0 saturated heterocycles. The largest absolute Gasteiger partial charge is 0.486 e. The van der Waals surface area contributed by atoms with Gasteiger partial charge in [0.15, 0.2) is 17.3 Å². The average Bonchev–Trinajstić information content (AvgIpc) is 3.22. The first-order valence-electron chi connectivity index (χ1n) is 8.82. The summed E-state index contributed by atoms with van der Waals surface area (Å²) in [6.07, 6.45) is 2.37. The number of anilines is 1. The first-order chi connectivity index (χ1) is 13.7. The van der Waals surface area contributed by atoms with Crippen LogP contribution < -0.4 is 14.8 Å². The molecule has 1 N–H and O–H groups in total. The molecule has 0 atom stereocenters. The Hall–Kier alpha value is -3.07. The Bertz CT molecular complexity index is 974. The lowest BCUT2D eigenvalue weighted by Gasteiger charge is -2.18. The molecule has 1 aliphatic rings. The SMILES string of the molecule is CCc1noc(-c2ccc(SCC(=O)Nc3ccc4c(c3)OCCO4)nc2)n1. The topological polar surface area (TPSA) is 99.4 Å². The monoisotopic (exact) mass is 398 g/mol. The van der Waals surface area contributed by atoms with E-state index in [0.29, 0.717) is 48.5 Å². The highest BCUT2D eigenvalue weighted by molar-refractivity contribution is 7.99. The van der Waals surface area contributed by atoms with Gasteiger partial charge in [-0.1, -0.05) is 23.8 Å². The van der Waals surface area contributed by atoms with Crippen molar-refractivity contribution in [1.82, 2.24) is 15.1 Å². The summed E-state index contributed by atoms with van der Waals surface area (Å²) < 4.78 is 16.2. The molecule has 1 amide bonds. The summed E-state index contributed by atoms with van der Waals surface area (Å²) in [6, 6.07) is 9.02. The summed E-state index contributed by atoms with van der Waals surface area (Å²) in [7, 11) is 0. The number of carbonyl (C=O) groups excluding carboxylic acids is 1. The number of aryl methyl sites for hydroxylation is 1. The maximum absolute atomic E-state index is 12.2. The van der Waals surface area contributed by atoms with Gasteiger partial charge in [-0.25, -0.2) is 4.98 Å². The van der Waals surface area contributed by atoms with Crippen LogP contribution in [0.2, 0.25) is 0 Å². The number of hydrogen-bond donors (Lipinski definition) is 1. The Kier molecular flexibility index (Phi) is 5.43. The Morgan fingerprint density at radius 3 is 2.79 bits per heavy atom. The van der Waals surface area contributed by atoms with Crippen LogP contribution in [-0.4, -0.2) is 40.0 Å². The molecule has 8 nitrogen and oxygen atoms in total. The van der Waals surface area contributed by atoms with Gasteiger partial charge in [-0.15, -0.1) is 0 Å². The number of fused-ring (bicyclic) bond motifs is 1. The summed E-state index contributed by atoms with van der Waals surface area (Å²) >= 11 is 1.34. The van der Waals surface area contributed by atoms with Crippen molar-refractivity contribution in [3.63, 3.8) is 0 Å². The first-order valence-corrected chi connectivity index (χ1v) is 9.81. The van der Waals surface area contributed by atoms with Crippen molar-refractivity contribution in [3.8, 4) is 23.0 Å². The first kappa shape index (κ1) is 18.3. The number of nitrogens with zero attached hydrogens (tertiary/aromatic N) is 3. The molecule has 3 heterocycles. The molecule has 0 unspecified atom stereocenters. The van der Waals surface area contributed by atoms with Gasteiger partial charge >= 0.3 is 0 Å². The number of ether oxygens (including phenoxy) is 2. The minimum absolute atomic E-state index is 0.128.